The maximum absolute atomic E-state index is 12.1. The molecule has 1 aromatic rings. The Hall–Kier alpha value is -2.17. The summed E-state index contributed by atoms with van der Waals surface area (Å²) in [5.74, 6) is -0.712. The van der Waals surface area contributed by atoms with E-state index in [4.69, 9.17) is 0 Å². The van der Waals surface area contributed by atoms with E-state index in [-0.39, 0.29) is 0 Å². The number of Topliss-reactive ketones (excluding diaryl/α,β-unsaturated/α-hetero) is 1. The number of hydrogen-bond donors (Lipinski definition) is 1. The normalized spacial score (nSPS) is 15.7. The number of carbonyl (C=O) groups excluding carboxylic acids is 3. The lowest BCUT2D eigenvalue weighted by Crippen LogP contribution is -2.47. The lowest BCUT2D eigenvalue weighted by Gasteiger charge is -2.26. The van der Waals surface area contributed by atoms with E-state index < -0.39 is 17.7 Å². The molecule has 1 aliphatic carbocycles. The number of hydrogen-bond acceptors (Lipinski definition) is 3. The van der Waals surface area contributed by atoms with Crippen LogP contribution in [0, 0.1) is 5.92 Å². The minimum Gasteiger partial charge on any atom is -0.349 e. The zero-order chi connectivity index (χ0) is 15.2. The van der Waals surface area contributed by atoms with Crippen molar-refractivity contribution in [1.82, 2.24) is 5.32 Å². The SMILES string of the molecule is CC(C(=O)C(=O)NCC1CCC1)N(C=O)c1ccccc1. The first-order valence-electron chi connectivity index (χ1n) is 7.24. The zero-order valence-electron chi connectivity index (χ0n) is 12.1. The van der Waals surface area contributed by atoms with Gasteiger partial charge in [0.2, 0.25) is 12.2 Å². The Bertz CT molecular complexity index is 512. The Kier molecular flexibility index (Phi) is 5.09. The molecule has 1 saturated carbocycles. The third-order valence-corrected chi connectivity index (χ3v) is 3.96. The van der Waals surface area contributed by atoms with Crippen LogP contribution in [0.2, 0.25) is 0 Å². The molecule has 5 heteroatoms. The largest absolute Gasteiger partial charge is 0.349 e. The first-order valence-corrected chi connectivity index (χ1v) is 7.24. The fourth-order valence-corrected chi connectivity index (χ4v) is 2.31. The quantitative estimate of drug-likeness (QED) is 0.611. The Morgan fingerprint density at radius 1 is 1.33 bits per heavy atom. The van der Waals surface area contributed by atoms with E-state index in [1.165, 1.54) is 11.3 Å². The smallest absolute Gasteiger partial charge is 0.289 e. The standard InChI is InChI=1S/C16H20N2O3/c1-12(18(11-19)14-8-3-2-4-9-14)15(20)16(21)17-10-13-6-5-7-13/h2-4,8-9,11-13H,5-7,10H2,1H3,(H,17,21). The van der Waals surface area contributed by atoms with E-state index >= 15 is 0 Å². The molecule has 0 aliphatic heterocycles. The number of carbonyl (C=O) groups is 3. The van der Waals surface area contributed by atoms with E-state index in [1.54, 1.807) is 31.2 Å². The van der Waals surface area contributed by atoms with Gasteiger partial charge in [0.05, 0.1) is 0 Å². The second-order valence-corrected chi connectivity index (χ2v) is 5.40. The van der Waals surface area contributed by atoms with Gasteiger partial charge in [-0.2, -0.15) is 0 Å². The third kappa shape index (κ3) is 3.68. The predicted molar refractivity (Wildman–Crippen MR) is 79.8 cm³/mol. The summed E-state index contributed by atoms with van der Waals surface area (Å²) in [4.78, 5) is 36.5. The van der Waals surface area contributed by atoms with Gasteiger partial charge in [-0.15, -0.1) is 0 Å². The van der Waals surface area contributed by atoms with Gasteiger partial charge >= 0.3 is 0 Å². The number of rotatable bonds is 7. The molecule has 112 valence electrons. The molecular formula is C16H20N2O3. The van der Waals surface area contributed by atoms with E-state index in [2.05, 4.69) is 5.32 Å². The highest BCUT2D eigenvalue weighted by molar-refractivity contribution is 6.39. The first-order chi connectivity index (χ1) is 10.1. The van der Waals surface area contributed by atoms with Crippen LogP contribution in [0.4, 0.5) is 5.69 Å². The highest BCUT2D eigenvalue weighted by atomic mass is 16.2. The van der Waals surface area contributed by atoms with E-state index in [1.807, 2.05) is 6.07 Å². The third-order valence-electron chi connectivity index (χ3n) is 3.96. The fraction of sp³-hybridized carbons (Fsp3) is 0.438. The molecule has 2 amide bonds. The Morgan fingerprint density at radius 2 is 2.00 bits per heavy atom. The van der Waals surface area contributed by atoms with Crippen molar-refractivity contribution in [1.29, 1.82) is 0 Å². The summed E-state index contributed by atoms with van der Waals surface area (Å²) in [6, 6.07) is 8.02. The molecule has 1 aliphatic rings. The van der Waals surface area contributed by atoms with Crippen LogP contribution in [0.15, 0.2) is 30.3 Å². The fourth-order valence-electron chi connectivity index (χ4n) is 2.31. The molecule has 1 atom stereocenters. The monoisotopic (exact) mass is 288 g/mol. The molecule has 1 unspecified atom stereocenters. The van der Waals surface area contributed by atoms with Crippen molar-refractivity contribution in [2.75, 3.05) is 11.4 Å². The van der Waals surface area contributed by atoms with Gasteiger partial charge in [0.1, 0.15) is 6.04 Å². The summed E-state index contributed by atoms with van der Waals surface area (Å²) >= 11 is 0. The van der Waals surface area contributed by atoms with Crippen molar-refractivity contribution in [2.45, 2.75) is 32.2 Å². The molecule has 1 fully saturated rings. The van der Waals surface area contributed by atoms with Gasteiger partial charge in [-0.25, -0.2) is 0 Å². The molecular weight excluding hydrogens is 268 g/mol. The predicted octanol–water partition coefficient (Wildman–Crippen LogP) is 1.52. The van der Waals surface area contributed by atoms with Crippen LogP contribution >= 0.6 is 0 Å². The number of nitrogens with one attached hydrogen (secondary N) is 1. The van der Waals surface area contributed by atoms with E-state index in [0.29, 0.717) is 24.6 Å². The lowest BCUT2D eigenvalue weighted by atomic mass is 9.85. The summed E-state index contributed by atoms with van der Waals surface area (Å²) in [6.07, 6.45) is 3.98. The summed E-state index contributed by atoms with van der Waals surface area (Å²) in [5.41, 5.74) is 0.597. The van der Waals surface area contributed by atoms with Gasteiger partial charge in [-0.05, 0) is 37.8 Å². The van der Waals surface area contributed by atoms with Gasteiger partial charge in [0.25, 0.3) is 5.91 Å². The lowest BCUT2D eigenvalue weighted by molar-refractivity contribution is -0.138. The minimum absolute atomic E-state index is 0.494. The second kappa shape index (κ2) is 7.02. The maximum Gasteiger partial charge on any atom is 0.289 e. The summed E-state index contributed by atoms with van der Waals surface area (Å²) in [7, 11) is 0. The summed E-state index contributed by atoms with van der Waals surface area (Å²) in [5, 5.41) is 2.66. The maximum atomic E-state index is 12.1. The highest BCUT2D eigenvalue weighted by Crippen LogP contribution is 2.25. The molecule has 1 N–H and O–H groups in total. The molecule has 2 rings (SSSR count). The zero-order valence-corrected chi connectivity index (χ0v) is 12.1. The number of ketones is 1. The van der Waals surface area contributed by atoms with Gasteiger partial charge in [0.15, 0.2) is 0 Å². The van der Waals surface area contributed by atoms with Gasteiger partial charge in [0, 0.05) is 12.2 Å². The van der Waals surface area contributed by atoms with Crippen molar-refractivity contribution in [2.24, 2.45) is 5.92 Å². The Balaban J connectivity index is 1.95. The highest BCUT2D eigenvalue weighted by Gasteiger charge is 2.28. The number of amides is 2. The number of nitrogens with zero attached hydrogens (tertiary/aromatic N) is 1. The molecule has 5 nitrogen and oxygen atoms in total. The molecule has 0 spiro atoms. The molecule has 0 aromatic heterocycles. The average molecular weight is 288 g/mol. The van der Waals surface area contributed by atoms with Crippen LogP contribution in [-0.2, 0) is 14.4 Å². The Labute approximate surface area is 124 Å². The summed E-state index contributed by atoms with van der Waals surface area (Å²) < 4.78 is 0. The second-order valence-electron chi connectivity index (χ2n) is 5.40. The minimum atomic E-state index is -0.814. The van der Waals surface area contributed by atoms with Crippen LogP contribution in [0.25, 0.3) is 0 Å². The topological polar surface area (TPSA) is 66.5 Å². The van der Waals surface area contributed by atoms with Crippen LogP contribution in [-0.4, -0.2) is 30.7 Å². The number of anilines is 1. The van der Waals surface area contributed by atoms with Crippen molar-refractivity contribution in [3.63, 3.8) is 0 Å². The van der Waals surface area contributed by atoms with Gasteiger partial charge < -0.3 is 10.2 Å². The molecule has 21 heavy (non-hydrogen) atoms. The van der Waals surface area contributed by atoms with Crippen molar-refractivity contribution in [3.8, 4) is 0 Å². The van der Waals surface area contributed by atoms with Crippen LogP contribution in [0.1, 0.15) is 26.2 Å². The molecule has 0 saturated heterocycles. The summed E-state index contributed by atoms with van der Waals surface area (Å²) in [6.45, 7) is 2.11. The molecule has 0 heterocycles. The number of para-hydroxylation sites is 1. The van der Waals surface area contributed by atoms with E-state index in [9.17, 15) is 14.4 Å². The van der Waals surface area contributed by atoms with Gasteiger partial charge in [-0.3, -0.25) is 14.4 Å². The number of benzene rings is 1. The van der Waals surface area contributed by atoms with Crippen LogP contribution in [0.5, 0.6) is 0 Å². The molecule has 0 bridgehead atoms. The van der Waals surface area contributed by atoms with Crippen molar-refractivity contribution < 1.29 is 14.4 Å². The van der Waals surface area contributed by atoms with Crippen LogP contribution in [0.3, 0.4) is 0 Å². The first kappa shape index (κ1) is 15.2. The molecule has 1 aromatic carbocycles. The Morgan fingerprint density at radius 3 is 2.52 bits per heavy atom. The van der Waals surface area contributed by atoms with Crippen molar-refractivity contribution >= 4 is 23.8 Å². The molecule has 0 radical (unpaired) electrons. The van der Waals surface area contributed by atoms with Crippen molar-refractivity contribution in [3.05, 3.63) is 30.3 Å². The van der Waals surface area contributed by atoms with Crippen LogP contribution < -0.4 is 10.2 Å². The van der Waals surface area contributed by atoms with E-state index in [0.717, 1.165) is 12.8 Å². The average Bonchev–Trinajstić information content (AvgIpc) is 2.46. The van der Waals surface area contributed by atoms with Gasteiger partial charge in [-0.1, -0.05) is 24.6 Å².